The van der Waals surface area contributed by atoms with Crippen molar-refractivity contribution in [2.45, 2.75) is 52.5 Å². The highest BCUT2D eigenvalue weighted by Gasteiger charge is 2.33. The van der Waals surface area contributed by atoms with Gasteiger partial charge >= 0.3 is 6.18 Å². The lowest BCUT2D eigenvalue weighted by molar-refractivity contribution is -0.138. The third kappa shape index (κ3) is 8.67. The predicted molar refractivity (Wildman–Crippen MR) is 168 cm³/mol. The molecule has 0 radical (unpaired) electrons. The van der Waals surface area contributed by atoms with Gasteiger partial charge in [0.1, 0.15) is 0 Å². The van der Waals surface area contributed by atoms with E-state index in [9.17, 15) is 18.0 Å². The number of anilines is 1. The van der Waals surface area contributed by atoms with Crippen molar-refractivity contribution in [3.8, 4) is 6.07 Å². The van der Waals surface area contributed by atoms with E-state index in [0.29, 0.717) is 17.8 Å². The van der Waals surface area contributed by atoms with E-state index in [1.807, 2.05) is 48.7 Å². The largest absolute Gasteiger partial charge is 0.416 e. The summed E-state index contributed by atoms with van der Waals surface area (Å²) in [5.74, 6) is -0.261. The first-order chi connectivity index (χ1) is 20.9. The van der Waals surface area contributed by atoms with E-state index >= 15 is 0 Å². The van der Waals surface area contributed by atoms with Gasteiger partial charge < -0.3 is 20.1 Å². The average molecular weight is 619 g/mol. The number of carbonyl (C=O) groups is 1. The van der Waals surface area contributed by atoms with Crippen molar-refractivity contribution in [3.05, 3.63) is 118 Å². The molecule has 1 aromatic heterocycles. The van der Waals surface area contributed by atoms with Crippen molar-refractivity contribution < 1.29 is 18.0 Å². The second-order valence-corrected chi connectivity index (χ2v) is 11.1. The molecule has 228 valence electrons. The second-order valence-electron chi connectivity index (χ2n) is 10.8. The molecule has 1 amide bonds. The molecule has 0 aliphatic rings. The van der Waals surface area contributed by atoms with E-state index in [1.54, 1.807) is 42.5 Å². The molecule has 2 N–H and O–H groups in total. The van der Waals surface area contributed by atoms with Crippen molar-refractivity contribution >= 4 is 28.9 Å². The van der Waals surface area contributed by atoms with Gasteiger partial charge in [-0.3, -0.25) is 4.79 Å². The number of halogens is 3. The van der Waals surface area contributed by atoms with Crippen LogP contribution in [0, 0.1) is 25.2 Å². The van der Waals surface area contributed by atoms with Crippen LogP contribution in [0.4, 0.5) is 18.9 Å². The molecule has 1 heterocycles. The normalized spacial score (nSPS) is 11.8. The van der Waals surface area contributed by atoms with Crippen LogP contribution >= 0.6 is 12.2 Å². The van der Waals surface area contributed by atoms with Gasteiger partial charge in [-0.15, -0.1) is 0 Å². The third-order valence-electron chi connectivity index (χ3n) is 7.07. The molecule has 0 saturated heterocycles. The predicted octanol–water partition coefficient (Wildman–Crippen LogP) is 6.39. The van der Waals surface area contributed by atoms with E-state index in [1.165, 1.54) is 12.1 Å². The Morgan fingerprint density at radius 3 is 2.52 bits per heavy atom. The summed E-state index contributed by atoms with van der Waals surface area (Å²) in [7, 11) is 0. The third-order valence-corrected chi connectivity index (χ3v) is 7.43. The van der Waals surface area contributed by atoms with Gasteiger partial charge in [-0.1, -0.05) is 48.0 Å². The molecule has 4 rings (SSSR count). The molecule has 0 unspecified atom stereocenters. The number of carbonyl (C=O) groups excluding carboxylic acids is 1. The Morgan fingerprint density at radius 1 is 1.11 bits per heavy atom. The Hall–Kier alpha value is -4.69. The van der Waals surface area contributed by atoms with Crippen molar-refractivity contribution in [1.82, 2.24) is 19.8 Å². The van der Waals surface area contributed by atoms with E-state index in [2.05, 4.69) is 21.7 Å². The number of amides is 1. The van der Waals surface area contributed by atoms with E-state index in [-0.39, 0.29) is 36.1 Å². The van der Waals surface area contributed by atoms with Gasteiger partial charge in [0, 0.05) is 43.3 Å². The Morgan fingerprint density at radius 2 is 1.84 bits per heavy atom. The molecule has 3 aromatic carbocycles. The van der Waals surface area contributed by atoms with Crippen molar-refractivity contribution in [1.29, 1.82) is 5.26 Å². The van der Waals surface area contributed by atoms with E-state index in [4.69, 9.17) is 17.5 Å². The molecule has 0 aliphatic heterocycles. The van der Waals surface area contributed by atoms with Gasteiger partial charge in [0.25, 0.3) is 0 Å². The fraction of sp³-hybridized carbons (Fsp3) is 0.273. The van der Waals surface area contributed by atoms with E-state index < -0.39 is 17.8 Å². The van der Waals surface area contributed by atoms with Crippen LogP contribution in [0.5, 0.6) is 0 Å². The maximum absolute atomic E-state index is 13.8. The number of imidazole rings is 1. The van der Waals surface area contributed by atoms with Gasteiger partial charge in [0.05, 0.1) is 29.9 Å². The number of nitrogens with one attached hydrogen (secondary N) is 2. The Kier molecular flexibility index (Phi) is 10.4. The zero-order valence-corrected chi connectivity index (χ0v) is 25.5. The molecule has 0 saturated carbocycles. The number of aryl methyl sites for hydroxylation is 2. The summed E-state index contributed by atoms with van der Waals surface area (Å²) < 4.78 is 43.3. The van der Waals surface area contributed by atoms with Gasteiger partial charge in [-0.05, 0) is 73.9 Å². The molecule has 0 fully saturated rings. The zero-order chi connectivity index (χ0) is 31.9. The van der Waals surface area contributed by atoms with Crippen LogP contribution in [0.15, 0.2) is 79.3 Å². The fourth-order valence-corrected chi connectivity index (χ4v) is 5.14. The first-order valence-electron chi connectivity index (χ1n) is 14.0. The smallest absolute Gasteiger partial charge is 0.352 e. The number of nitriles is 1. The van der Waals surface area contributed by atoms with Crippen LogP contribution in [-0.2, 0) is 30.5 Å². The Bertz CT molecular complexity index is 1660. The molecule has 0 aliphatic carbocycles. The fourth-order valence-electron chi connectivity index (χ4n) is 4.89. The number of nitrogens with zero attached hydrogens (tertiary/aromatic N) is 4. The Balaban J connectivity index is 1.47. The molecule has 0 bridgehead atoms. The van der Waals surface area contributed by atoms with Crippen LogP contribution in [0.1, 0.15) is 46.0 Å². The lowest BCUT2D eigenvalue weighted by Gasteiger charge is -2.30. The first kappa shape index (κ1) is 32.2. The minimum absolute atomic E-state index is 0.0583. The second kappa shape index (κ2) is 14.2. The van der Waals surface area contributed by atoms with Crippen LogP contribution in [0.2, 0.25) is 0 Å². The molecule has 4 aromatic rings. The van der Waals surface area contributed by atoms with Crippen molar-refractivity contribution in [2.24, 2.45) is 0 Å². The van der Waals surface area contributed by atoms with Gasteiger partial charge in [-0.25, -0.2) is 4.98 Å². The van der Waals surface area contributed by atoms with E-state index in [0.717, 1.165) is 28.4 Å². The number of hydrogen-bond acceptors (Lipinski definition) is 4. The van der Waals surface area contributed by atoms with Crippen molar-refractivity contribution in [2.75, 3.05) is 11.9 Å². The lowest BCUT2D eigenvalue weighted by atomic mass is 10.1. The minimum Gasteiger partial charge on any atom is -0.352 e. The molecule has 11 heteroatoms. The SMILES string of the molecule is Cc1ccc(NC(=S)N(Cc2ccccc2C(F)(F)F)C[C@H](C)NC(=O)Cc2cncn2Cc2ccc(C#N)cc2)c(C)c1. The van der Waals surface area contributed by atoms with Crippen molar-refractivity contribution in [3.63, 3.8) is 0 Å². The Labute approximate surface area is 260 Å². The number of thiocarbonyl (C=S) groups is 1. The molecule has 1 atom stereocenters. The zero-order valence-electron chi connectivity index (χ0n) is 24.7. The molecular weight excluding hydrogens is 585 g/mol. The number of benzene rings is 3. The summed E-state index contributed by atoms with van der Waals surface area (Å²) in [6.45, 7) is 6.22. The number of aromatic nitrogens is 2. The molecule has 44 heavy (non-hydrogen) atoms. The molecule has 0 spiro atoms. The summed E-state index contributed by atoms with van der Waals surface area (Å²) in [5, 5.41) is 15.4. The summed E-state index contributed by atoms with van der Waals surface area (Å²) in [5.41, 5.74) is 4.33. The number of hydrogen-bond donors (Lipinski definition) is 2. The maximum atomic E-state index is 13.8. The summed E-state index contributed by atoms with van der Waals surface area (Å²) in [6.07, 6.45) is -1.20. The maximum Gasteiger partial charge on any atom is 0.416 e. The first-order valence-corrected chi connectivity index (χ1v) is 14.4. The highest BCUT2D eigenvalue weighted by Crippen LogP contribution is 2.32. The highest BCUT2D eigenvalue weighted by molar-refractivity contribution is 7.80. The number of alkyl halides is 3. The number of rotatable bonds is 10. The van der Waals surface area contributed by atoms with Crippen LogP contribution in [-0.4, -0.2) is 38.1 Å². The van der Waals surface area contributed by atoms with Gasteiger partial charge in [0.2, 0.25) is 5.91 Å². The minimum atomic E-state index is -4.52. The highest BCUT2D eigenvalue weighted by atomic mass is 32.1. The quantitative estimate of drug-likeness (QED) is 0.201. The van der Waals surface area contributed by atoms with Crippen LogP contribution < -0.4 is 10.6 Å². The monoisotopic (exact) mass is 618 g/mol. The van der Waals surface area contributed by atoms with Crippen LogP contribution in [0.25, 0.3) is 0 Å². The van der Waals surface area contributed by atoms with Crippen LogP contribution in [0.3, 0.4) is 0 Å². The standard InChI is InChI=1S/C33H33F3N6OS/c1-22-8-13-30(23(2)14-22)40-32(44)41(20-27-6-4-5-7-29(27)33(34,35)36)18-24(3)39-31(43)15-28-17-38-21-42(28)19-26-11-9-25(16-37)10-12-26/h4-14,17,21,24H,15,18-20H2,1-3H3,(H,39,43)(H,40,44)/t24-/m0/s1. The summed E-state index contributed by atoms with van der Waals surface area (Å²) in [4.78, 5) is 18.9. The lowest BCUT2D eigenvalue weighted by Crippen LogP contribution is -2.46. The topological polar surface area (TPSA) is 86.0 Å². The molecular formula is C33H33F3N6OS. The summed E-state index contributed by atoms with van der Waals surface area (Å²) in [6, 6.07) is 20.0. The van der Waals surface area contributed by atoms with Gasteiger partial charge in [-0.2, -0.15) is 18.4 Å². The van der Waals surface area contributed by atoms with Gasteiger partial charge in [0.15, 0.2) is 5.11 Å². The molecule has 7 nitrogen and oxygen atoms in total. The summed E-state index contributed by atoms with van der Waals surface area (Å²) >= 11 is 5.70. The average Bonchev–Trinajstić information content (AvgIpc) is 3.40.